The van der Waals surface area contributed by atoms with Gasteiger partial charge in [-0.15, -0.1) is 5.10 Å². The number of hydrogen-bond donors (Lipinski definition) is 0. The number of hydrogen-bond acceptors (Lipinski definition) is 5. The Morgan fingerprint density at radius 1 is 1.35 bits per heavy atom. The number of nitrogens with zero attached hydrogens (tertiary/aromatic N) is 4. The number of carbonyl (C=O) groups excluding carboxylic acids is 1. The standard InChI is InChI=1S/C11H16N4OS/c16-10-3-1-2-8(10)6-7-17-11-12-13-14-15(11)9-4-5-9/h8-9H,1-7H2. The largest absolute Gasteiger partial charge is 0.299 e. The lowest BCUT2D eigenvalue weighted by molar-refractivity contribution is -0.120. The smallest absolute Gasteiger partial charge is 0.209 e. The number of Topliss-reactive ketones (excluding diaryl/α,β-unsaturated/α-hetero) is 1. The fraction of sp³-hybridized carbons (Fsp3) is 0.818. The predicted octanol–water partition coefficient (Wildman–Crippen LogP) is 1.86. The van der Waals surface area contributed by atoms with Crippen LogP contribution in [0.15, 0.2) is 5.16 Å². The molecule has 0 N–H and O–H groups in total. The van der Waals surface area contributed by atoms with Crippen LogP contribution in [0.1, 0.15) is 44.6 Å². The minimum atomic E-state index is 0.299. The molecule has 1 atom stereocenters. The van der Waals surface area contributed by atoms with Crippen LogP contribution in [-0.4, -0.2) is 31.7 Å². The van der Waals surface area contributed by atoms with Crippen molar-refractivity contribution in [3.05, 3.63) is 0 Å². The van der Waals surface area contributed by atoms with Crippen molar-refractivity contribution < 1.29 is 4.79 Å². The summed E-state index contributed by atoms with van der Waals surface area (Å²) in [6.45, 7) is 0. The molecule has 5 nitrogen and oxygen atoms in total. The second kappa shape index (κ2) is 4.76. The monoisotopic (exact) mass is 252 g/mol. The van der Waals surface area contributed by atoms with Crippen LogP contribution in [0.2, 0.25) is 0 Å². The minimum absolute atomic E-state index is 0.299. The van der Waals surface area contributed by atoms with E-state index in [-0.39, 0.29) is 0 Å². The van der Waals surface area contributed by atoms with E-state index >= 15 is 0 Å². The Hall–Kier alpha value is -0.910. The van der Waals surface area contributed by atoms with Gasteiger partial charge in [-0.3, -0.25) is 4.79 Å². The first-order valence-electron chi connectivity index (χ1n) is 6.28. The van der Waals surface area contributed by atoms with Gasteiger partial charge in [0.2, 0.25) is 5.16 Å². The van der Waals surface area contributed by atoms with Gasteiger partial charge in [0, 0.05) is 18.1 Å². The molecule has 1 unspecified atom stereocenters. The van der Waals surface area contributed by atoms with Crippen molar-refractivity contribution in [2.24, 2.45) is 5.92 Å². The molecule has 0 amide bonds. The van der Waals surface area contributed by atoms with Gasteiger partial charge < -0.3 is 0 Å². The van der Waals surface area contributed by atoms with Gasteiger partial charge in [-0.2, -0.15) is 0 Å². The molecular formula is C11H16N4OS. The number of aromatic nitrogens is 4. The molecule has 0 spiro atoms. The van der Waals surface area contributed by atoms with Crippen LogP contribution in [0.3, 0.4) is 0 Å². The van der Waals surface area contributed by atoms with Crippen LogP contribution in [0, 0.1) is 5.92 Å². The summed E-state index contributed by atoms with van der Waals surface area (Å²) in [7, 11) is 0. The van der Waals surface area contributed by atoms with Crippen molar-refractivity contribution in [1.29, 1.82) is 0 Å². The molecule has 1 aromatic heterocycles. The summed E-state index contributed by atoms with van der Waals surface area (Å²) in [5.41, 5.74) is 0. The number of thioether (sulfide) groups is 1. The van der Waals surface area contributed by atoms with Crippen molar-refractivity contribution in [3.63, 3.8) is 0 Å². The van der Waals surface area contributed by atoms with Crippen LogP contribution >= 0.6 is 11.8 Å². The minimum Gasteiger partial charge on any atom is -0.299 e. The fourth-order valence-corrected chi connectivity index (χ4v) is 3.31. The van der Waals surface area contributed by atoms with Gasteiger partial charge in [-0.25, -0.2) is 4.68 Å². The maximum atomic E-state index is 11.5. The molecule has 1 aromatic rings. The van der Waals surface area contributed by atoms with E-state index in [4.69, 9.17) is 0 Å². The molecule has 2 aliphatic rings. The summed E-state index contributed by atoms with van der Waals surface area (Å²) < 4.78 is 1.93. The van der Waals surface area contributed by atoms with Crippen molar-refractivity contribution in [1.82, 2.24) is 20.2 Å². The van der Waals surface area contributed by atoms with Gasteiger partial charge in [-0.1, -0.05) is 11.8 Å². The second-order valence-corrected chi connectivity index (χ2v) is 5.89. The summed E-state index contributed by atoms with van der Waals surface area (Å²) >= 11 is 1.69. The van der Waals surface area contributed by atoms with E-state index in [1.54, 1.807) is 11.8 Å². The lowest BCUT2D eigenvalue weighted by atomic mass is 10.1. The predicted molar refractivity (Wildman–Crippen MR) is 63.8 cm³/mol. The Labute approximate surface area is 104 Å². The van der Waals surface area contributed by atoms with Crippen molar-refractivity contribution >= 4 is 17.5 Å². The molecule has 2 aliphatic carbocycles. The average molecular weight is 252 g/mol. The molecular weight excluding hydrogens is 236 g/mol. The Bertz CT molecular complexity index is 415. The zero-order valence-electron chi connectivity index (χ0n) is 9.71. The summed E-state index contributed by atoms with van der Waals surface area (Å²) in [5, 5.41) is 12.7. The zero-order chi connectivity index (χ0) is 11.7. The summed E-state index contributed by atoms with van der Waals surface area (Å²) in [6, 6.07) is 0.528. The molecule has 0 bridgehead atoms. The molecule has 2 saturated carbocycles. The molecule has 0 aromatic carbocycles. The van der Waals surface area contributed by atoms with E-state index in [1.807, 2.05) is 4.68 Å². The molecule has 2 fully saturated rings. The first kappa shape index (κ1) is 11.2. The Kier molecular flexibility index (Phi) is 3.13. The quantitative estimate of drug-likeness (QED) is 0.748. The van der Waals surface area contributed by atoms with Crippen LogP contribution < -0.4 is 0 Å². The maximum absolute atomic E-state index is 11.5. The Morgan fingerprint density at radius 3 is 2.94 bits per heavy atom. The first-order valence-corrected chi connectivity index (χ1v) is 7.26. The van der Waals surface area contributed by atoms with Crippen molar-refractivity contribution in [2.45, 2.75) is 49.7 Å². The third-order valence-corrected chi connectivity index (χ3v) is 4.45. The van der Waals surface area contributed by atoms with Gasteiger partial charge >= 0.3 is 0 Å². The summed E-state index contributed by atoms with van der Waals surface area (Å²) in [5.74, 6) is 1.70. The van der Waals surface area contributed by atoms with Gasteiger partial charge in [0.15, 0.2) is 0 Å². The molecule has 6 heteroatoms. The van der Waals surface area contributed by atoms with Gasteiger partial charge in [-0.05, 0) is 42.5 Å². The third kappa shape index (κ3) is 2.51. The van der Waals surface area contributed by atoms with Gasteiger partial charge in [0.25, 0.3) is 0 Å². The molecule has 17 heavy (non-hydrogen) atoms. The van der Waals surface area contributed by atoms with Crippen LogP contribution in [0.5, 0.6) is 0 Å². The summed E-state index contributed by atoms with van der Waals surface area (Å²) in [6.07, 6.45) is 6.30. The molecule has 0 aliphatic heterocycles. The van der Waals surface area contributed by atoms with E-state index in [1.165, 1.54) is 12.8 Å². The molecule has 0 saturated heterocycles. The first-order chi connectivity index (χ1) is 8.34. The molecule has 3 rings (SSSR count). The van der Waals surface area contributed by atoms with E-state index in [2.05, 4.69) is 15.5 Å². The number of ketones is 1. The fourth-order valence-electron chi connectivity index (χ4n) is 2.31. The highest BCUT2D eigenvalue weighted by Gasteiger charge is 2.28. The van der Waals surface area contributed by atoms with E-state index in [9.17, 15) is 4.79 Å². The number of carbonyl (C=O) groups is 1. The summed E-state index contributed by atoms with van der Waals surface area (Å²) in [4.78, 5) is 11.5. The normalized spacial score (nSPS) is 24.5. The average Bonchev–Trinajstić information content (AvgIpc) is 2.93. The topological polar surface area (TPSA) is 60.7 Å². The van der Waals surface area contributed by atoms with E-state index in [0.717, 1.165) is 36.6 Å². The van der Waals surface area contributed by atoms with Gasteiger partial charge in [0.1, 0.15) is 5.78 Å². The zero-order valence-corrected chi connectivity index (χ0v) is 10.5. The molecule has 1 heterocycles. The lowest BCUT2D eigenvalue weighted by Gasteiger charge is -2.06. The molecule has 92 valence electrons. The Balaban J connectivity index is 1.50. The number of tetrazole rings is 1. The van der Waals surface area contributed by atoms with Crippen LogP contribution in [-0.2, 0) is 4.79 Å². The number of rotatable bonds is 5. The highest BCUT2D eigenvalue weighted by Crippen LogP contribution is 2.36. The lowest BCUT2D eigenvalue weighted by Crippen LogP contribution is -2.07. The van der Waals surface area contributed by atoms with Crippen molar-refractivity contribution in [2.75, 3.05) is 5.75 Å². The highest BCUT2D eigenvalue weighted by atomic mass is 32.2. The van der Waals surface area contributed by atoms with E-state index in [0.29, 0.717) is 17.7 Å². The van der Waals surface area contributed by atoms with Crippen molar-refractivity contribution in [3.8, 4) is 0 Å². The van der Waals surface area contributed by atoms with E-state index < -0.39 is 0 Å². The van der Waals surface area contributed by atoms with Crippen LogP contribution in [0.25, 0.3) is 0 Å². The Morgan fingerprint density at radius 2 is 2.24 bits per heavy atom. The molecule has 0 radical (unpaired) electrons. The SMILES string of the molecule is O=C1CCCC1CCSc1nnnn1C1CC1. The van der Waals surface area contributed by atoms with Gasteiger partial charge in [0.05, 0.1) is 6.04 Å². The van der Waals surface area contributed by atoms with Crippen LogP contribution in [0.4, 0.5) is 0 Å². The highest BCUT2D eigenvalue weighted by molar-refractivity contribution is 7.99. The maximum Gasteiger partial charge on any atom is 0.209 e. The second-order valence-electron chi connectivity index (χ2n) is 4.83. The third-order valence-electron chi connectivity index (χ3n) is 3.48.